The van der Waals surface area contributed by atoms with Gasteiger partial charge in [-0.15, -0.1) is 0 Å². The number of rotatable bonds is 5. The molecule has 2 aromatic heterocycles. The number of hydrogen-bond donors (Lipinski definition) is 0. The highest BCUT2D eigenvalue weighted by Gasteiger charge is 2.18. The second-order valence-electron chi connectivity index (χ2n) is 7.86. The standard InChI is InChI=1S/C25H26N4O/c1-17-13-18(2)20(19(3)14-17)15-29-23-11-6-5-9-21(23)27-24(29)16-28(4)25(30)22-10-7-8-12-26-22/h5-14H,15-16H2,1-4H3. The fraction of sp³-hybridized carbons (Fsp3) is 0.240. The SMILES string of the molecule is Cc1cc(C)c(Cn2c(CN(C)C(=O)c3ccccn3)nc3ccccc32)c(C)c1. The summed E-state index contributed by atoms with van der Waals surface area (Å²) < 4.78 is 2.22. The van der Waals surface area contributed by atoms with Crippen molar-refractivity contribution in [3.05, 3.63) is 94.6 Å². The number of aryl methyl sites for hydroxylation is 3. The fourth-order valence-corrected chi connectivity index (χ4v) is 4.01. The molecule has 2 heterocycles. The molecule has 0 N–H and O–H groups in total. The van der Waals surface area contributed by atoms with Crippen molar-refractivity contribution in [3.63, 3.8) is 0 Å². The first-order valence-corrected chi connectivity index (χ1v) is 10.1. The Morgan fingerprint density at radius 3 is 2.40 bits per heavy atom. The van der Waals surface area contributed by atoms with E-state index in [-0.39, 0.29) is 5.91 Å². The lowest BCUT2D eigenvalue weighted by atomic mass is 9.99. The Balaban J connectivity index is 1.72. The molecular formula is C25H26N4O. The molecule has 1 amide bonds. The quantitative estimate of drug-likeness (QED) is 0.491. The van der Waals surface area contributed by atoms with E-state index in [1.165, 1.54) is 22.3 Å². The van der Waals surface area contributed by atoms with Crippen LogP contribution >= 0.6 is 0 Å². The molecule has 152 valence electrons. The van der Waals surface area contributed by atoms with E-state index in [1.807, 2.05) is 30.3 Å². The lowest BCUT2D eigenvalue weighted by Gasteiger charge is -2.19. The Labute approximate surface area is 177 Å². The Morgan fingerprint density at radius 1 is 1.00 bits per heavy atom. The number of para-hydroxylation sites is 2. The molecule has 0 bridgehead atoms. The maximum absolute atomic E-state index is 12.8. The van der Waals surface area contributed by atoms with Crippen LogP contribution in [0.3, 0.4) is 0 Å². The topological polar surface area (TPSA) is 51.0 Å². The van der Waals surface area contributed by atoms with Crippen LogP contribution in [0.4, 0.5) is 0 Å². The lowest BCUT2D eigenvalue weighted by molar-refractivity contribution is 0.0774. The average molecular weight is 399 g/mol. The number of imidazole rings is 1. The van der Waals surface area contributed by atoms with Crippen LogP contribution in [-0.4, -0.2) is 32.4 Å². The molecule has 30 heavy (non-hydrogen) atoms. The molecule has 5 heteroatoms. The van der Waals surface area contributed by atoms with Gasteiger partial charge in [-0.25, -0.2) is 4.98 Å². The number of carbonyl (C=O) groups excluding carboxylic acids is 1. The van der Waals surface area contributed by atoms with Crippen LogP contribution in [0.25, 0.3) is 11.0 Å². The van der Waals surface area contributed by atoms with Gasteiger partial charge in [0.05, 0.1) is 17.6 Å². The number of aromatic nitrogens is 3. The van der Waals surface area contributed by atoms with Gasteiger partial charge in [0.25, 0.3) is 5.91 Å². The summed E-state index contributed by atoms with van der Waals surface area (Å²) in [5, 5.41) is 0. The van der Waals surface area contributed by atoms with Crippen molar-refractivity contribution >= 4 is 16.9 Å². The van der Waals surface area contributed by atoms with Crippen LogP contribution in [0.5, 0.6) is 0 Å². The molecule has 0 saturated heterocycles. The van der Waals surface area contributed by atoms with Gasteiger partial charge in [0, 0.05) is 19.8 Å². The number of benzene rings is 2. The Morgan fingerprint density at radius 2 is 1.70 bits per heavy atom. The van der Waals surface area contributed by atoms with Gasteiger partial charge in [0.15, 0.2) is 0 Å². The first-order chi connectivity index (χ1) is 14.4. The van der Waals surface area contributed by atoms with E-state index in [2.05, 4.69) is 48.5 Å². The molecule has 0 saturated carbocycles. The van der Waals surface area contributed by atoms with Gasteiger partial charge in [-0.05, 0) is 61.7 Å². The molecular weight excluding hydrogens is 372 g/mol. The van der Waals surface area contributed by atoms with Gasteiger partial charge in [0.1, 0.15) is 11.5 Å². The maximum Gasteiger partial charge on any atom is 0.272 e. The molecule has 0 radical (unpaired) electrons. The first kappa shape index (κ1) is 19.8. The fourth-order valence-electron chi connectivity index (χ4n) is 4.01. The Bertz CT molecular complexity index is 1190. The number of nitrogens with zero attached hydrogens (tertiary/aromatic N) is 4. The average Bonchev–Trinajstić information content (AvgIpc) is 3.07. The summed E-state index contributed by atoms with van der Waals surface area (Å²) >= 11 is 0. The lowest BCUT2D eigenvalue weighted by Crippen LogP contribution is -2.28. The van der Waals surface area contributed by atoms with E-state index in [9.17, 15) is 4.79 Å². The van der Waals surface area contributed by atoms with Crippen molar-refractivity contribution in [2.24, 2.45) is 0 Å². The van der Waals surface area contributed by atoms with E-state index >= 15 is 0 Å². The largest absolute Gasteiger partial charge is 0.333 e. The molecule has 0 aliphatic heterocycles. The third-order valence-corrected chi connectivity index (χ3v) is 5.50. The zero-order chi connectivity index (χ0) is 21.3. The summed E-state index contributed by atoms with van der Waals surface area (Å²) in [7, 11) is 1.79. The minimum atomic E-state index is -0.114. The highest BCUT2D eigenvalue weighted by Crippen LogP contribution is 2.23. The predicted octanol–water partition coefficient (Wildman–Crippen LogP) is 4.68. The van der Waals surface area contributed by atoms with Gasteiger partial charge in [-0.1, -0.05) is 35.9 Å². The zero-order valence-corrected chi connectivity index (χ0v) is 17.9. The first-order valence-electron chi connectivity index (χ1n) is 10.1. The third kappa shape index (κ3) is 3.83. The number of carbonyl (C=O) groups is 1. The maximum atomic E-state index is 12.8. The summed E-state index contributed by atoms with van der Waals surface area (Å²) in [5.41, 5.74) is 7.56. The normalized spacial score (nSPS) is 11.1. The van der Waals surface area contributed by atoms with Crippen LogP contribution in [0.1, 0.15) is 38.6 Å². The van der Waals surface area contributed by atoms with E-state index in [1.54, 1.807) is 24.2 Å². The number of fused-ring (bicyclic) bond motifs is 1. The molecule has 0 aliphatic carbocycles. The molecule has 2 aromatic carbocycles. The minimum Gasteiger partial charge on any atom is -0.333 e. The summed E-state index contributed by atoms with van der Waals surface area (Å²) in [4.78, 5) is 23.5. The van der Waals surface area contributed by atoms with Crippen molar-refractivity contribution in [3.8, 4) is 0 Å². The van der Waals surface area contributed by atoms with Crippen molar-refractivity contribution in [1.29, 1.82) is 0 Å². The number of hydrogen-bond acceptors (Lipinski definition) is 3. The Kier molecular flexibility index (Phi) is 5.36. The van der Waals surface area contributed by atoms with Gasteiger partial charge >= 0.3 is 0 Å². The molecule has 4 rings (SSSR count). The van der Waals surface area contributed by atoms with Crippen molar-refractivity contribution in [2.75, 3.05) is 7.05 Å². The van der Waals surface area contributed by atoms with E-state index in [4.69, 9.17) is 4.98 Å². The highest BCUT2D eigenvalue weighted by atomic mass is 16.2. The van der Waals surface area contributed by atoms with Crippen LogP contribution in [0, 0.1) is 20.8 Å². The highest BCUT2D eigenvalue weighted by molar-refractivity contribution is 5.92. The van der Waals surface area contributed by atoms with E-state index < -0.39 is 0 Å². The monoisotopic (exact) mass is 398 g/mol. The summed E-state index contributed by atoms with van der Waals surface area (Å²) in [6.07, 6.45) is 1.64. The molecule has 0 aliphatic rings. The van der Waals surface area contributed by atoms with E-state index in [0.29, 0.717) is 12.2 Å². The summed E-state index contributed by atoms with van der Waals surface area (Å²) in [6, 6.07) is 17.9. The van der Waals surface area contributed by atoms with Crippen LogP contribution < -0.4 is 0 Å². The van der Waals surface area contributed by atoms with Crippen LogP contribution in [0.15, 0.2) is 60.8 Å². The van der Waals surface area contributed by atoms with Crippen LogP contribution in [-0.2, 0) is 13.1 Å². The molecule has 5 nitrogen and oxygen atoms in total. The second kappa shape index (κ2) is 8.11. The smallest absolute Gasteiger partial charge is 0.272 e. The third-order valence-electron chi connectivity index (χ3n) is 5.50. The van der Waals surface area contributed by atoms with Crippen molar-refractivity contribution in [2.45, 2.75) is 33.9 Å². The van der Waals surface area contributed by atoms with Crippen LogP contribution in [0.2, 0.25) is 0 Å². The van der Waals surface area contributed by atoms with Crippen molar-refractivity contribution < 1.29 is 4.79 Å². The van der Waals surface area contributed by atoms with Gasteiger partial charge < -0.3 is 9.47 Å². The molecule has 4 aromatic rings. The predicted molar refractivity (Wildman–Crippen MR) is 120 cm³/mol. The molecule has 0 fully saturated rings. The summed E-state index contributed by atoms with van der Waals surface area (Å²) in [6.45, 7) is 7.57. The van der Waals surface area contributed by atoms with Gasteiger partial charge in [-0.3, -0.25) is 9.78 Å². The van der Waals surface area contributed by atoms with Crippen molar-refractivity contribution in [1.82, 2.24) is 19.4 Å². The second-order valence-corrected chi connectivity index (χ2v) is 7.86. The molecule has 0 unspecified atom stereocenters. The molecule has 0 spiro atoms. The number of pyridine rings is 1. The molecule has 0 atom stereocenters. The van der Waals surface area contributed by atoms with Gasteiger partial charge in [-0.2, -0.15) is 0 Å². The Hall–Kier alpha value is -3.47. The van der Waals surface area contributed by atoms with E-state index in [0.717, 1.165) is 23.4 Å². The zero-order valence-electron chi connectivity index (χ0n) is 17.9. The summed E-state index contributed by atoms with van der Waals surface area (Å²) in [5.74, 6) is 0.749. The minimum absolute atomic E-state index is 0.114. The van der Waals surface area contributed by atoms with Gasteiger partial charge in [0.2, 0.25) is 0 Å². The number of amides is 1.